The molecule has 0 bridgehead atoms. The number of aryl methyl sites for hydroxylation is 1. The van der Waals surface area contributed by atoms with Crippen LogP contribution < -0.4 is 10.1 Å². The van der Waals surface area contributed by atoms with Crippen molar-refractivity contribution < 1.29 is 9.53 Å². The predicted octanol–water partition coefficient (Wildman–Crippen LogP) is 5.99. The molecule has 1 aliphatic rings. The highest BCUT2D eigenvalue weighted by atomic mass is 79.9. The lowest BCUT2D eigenvalue weighted by Gasteiger charge is -2.24. The topological polar surface area (TPSA) is 43.3 Å². The maximum absolute atomic E-state index is 13.1. The molecule has 3 heterocycles. The number of halogens is 1. The molecule has 0 saturated carbocycles. The smallest absolute Gasteiger partial charge is 0.267 e. The SMILES string of the molecule is COc1cc2c(cc1Br)-c1c(-c3cccs3)cc(C(=O)NCC(C)(C)C)n1CC2. The number of carbonyl (C=O) groups excluding carboxylic acids is 1. The summed E-state index contributed by atoms with van der Waals surface area (Å²) in [5, 5.41) is 5.19. The molecule has 0 atom stereocenters. The predicted molar refractivity (Wildman–Crippen MR) is 123 cm³/mol. The third-order valence-corrected chi connectivity index (χ3v) is 6.66. The van der Waals surface area contributed by atoms with Crippen molar-refractivity contribution in [2.45, 2.75) is 33.7 Å². The van der Waals surface area contributed by atoms with Gasteiger partial charge in [0, 0.05) is 29.1 Å². The molecule has 0 fully saturated rings. The van der Waals surface area contributed by atoms with Crippen LogP contribution in [0.15, 0.2) is 40.2 Å². The summed E-state index contributed by atoms with van der Waals surface area (Å²) in [6.07, 6.45) is 0.865. The number of nitrogens with one attached hydrogen (secondary N) is 1. The van der Waals surface area contributed by atoms with Crippen molar-refractivity contribution in [3.8, 4) is 27.4 Å². The van der Waals surface area contributed by atoms with E-state index in [0.717, 1.165) is 45.7 Å². The third-order valence-electron chi connectivity index (χ3n) is 5.13. The summed E-state index contributed by atoms with van der Waals surface area (Å²) in [6.45, 7) is 7.79. The number of benzene rings is 1. The minimum Gasteiger partial charge on any atom is -0.496 e. The molecule has 0 aliphatic carbocycles. The van der Waals surface area contributed by atoms with Gasteiger partial charge < -0.3 is 14.6 Å². The van der Waals surface area contributed by atoms with Gasteiger partial charge in [-0.05, 0) is 63.0 Å². The second-order valence-electron chi connectivity index (χ2n) is 8.56. The molecule has 152 valence electrons. The minimum atomic E-state index is -0.0139. The highest BCUT2D eigenvalue weighted by molar-refractivity contribution is 9.10. The molecule has 4 nitrogen and oxygen atoms in total. The molecule has 2 aromatic heterocycles. The fourth-order valence-electron chi connectivity index (χ4n) is 3.73. The van der Waals surface area contributed by atoms with Crippen molar-refractivity contribution in [1.82, 2.24) is 9.88 Å². The fourth-order valence-corrected chi connectivity index (χ4v) is 4.98. The largest absolute Gasteiger partial charge is 0.496 e. The van der Waals surface area contributed by atoms with E-state index in [2.05, 4.69) is 76.2 Å². The summed E-state index contributed by atoms with van der Waals surface area (Å²) in [4.78, 5) is 14.2. The summed E-state index contributed by atoms with van der Waals surface area (Å²) >= 11 is 5.33. The van der Waals surface area contributed by atoms with Crippen molar-refractivity contribution in [2.75, 3.05) is 13.7 Å². The maximum atomic E-state index is 13.1. The second kappa shape index (κ2) is 7.65. The van der Waals surface area contributed by atoms with Crippen LogP contribution in [0.4, 0.5) is 0 Å². The Bertz CT molecular complexity index is 1060. The number of hydrogen-bond acceptors (Lipinski definition) is 3. The lowest BCUT2D eigenvalue weighted by molar-refractivity contribution is 0.0930. The van der Waals surface area contributed by atoms with Crippen molar-refractivity contribution in [1.29, 1.82) is 0 Å². The molecule has 29 heavy (non-hydrogen) atoms. The van der Waals surface area contributed by atoms with E-state index in [1.807, 2.05) is 6.07 Å². The Balaban J connectivity index is 1.85. The molecule has 0 spiro atoms. The van der Waals surface area contributed by atoms with Gasteiger partial charge in [-0.3, -0.25) is 4.79 Å². The van der Waals surface area contributed by atoms with Crippen LogP contribution in [0.2, 0.25) is 0 Å². The van der Waals surface area contributed by atoms with Crippen LogP contribution in [0, 0.1) is 5.41 Å². The monoisotopic (exact) mass is 472 g/mol. The summed E-state index contributed by atoms with van der Waals surface area (Å²) in [5.74, 6) is 0.824. The number of fused-ring (bicyclic) bond motifs is 3. The van der Waals surface area contributed by atoms with E-state index in [-0.39, 0.29) is 11.3 Å². The van der Waals surface area contributed by atoms with Gasteiger partial charge in [-0.15, -0.1) is 11.3 Å². The minimum absolute atomic E-state index is 0.0139. The lowest BCUT2D eigenvalue weighted by Crippen LogP contribution is -2.33. The van der Waals surface area contributed by atoms with E-state index >= 15 is 0 Å². The molecule has 6 heteroatoms. The van der Waals surface area contributed by atoms with Gasteiger partial charge in [-0.25, -0.2) is 0 Å². The van der Waals surface area contributed by atoms with Gasteiger partial charge in [0.2, 0.25) is 0 Å². The molecule has 0 unspecified atom stereocenters. The van der Waals surface area contributed by atoms with Gasteiger partial charge in [0.25, 0.3) is 5.91 Å². The van der Waals surface area contributed by atoms with Crippen molar-refractivity contribution in [3.05, 3.63) is 51.4 Å². The number of nitrogens with zero attached hydrogens (tertiary/aromatic N) is 1. The third kappa shape index (κ3) is 3.88. The summed E-state index contributed by atoms with van der Waals surface area (Å²) < 4.78 is 8.59. The molecule has 1 amide bonds. The van der Waals surface area contributed by atoms with Crippen LogP contribution >= 0.6 is 27.3 Å². The highest BCUT2D eigenvalue weighted by Crippen LogP contribution is 2.44. The van der Waals surface area contributed by atoms with E-state index in [1.165, 1.54) is 10.4 Å². The van der Waals surface area contributed by atoms with E-state index in [9.17, 15) is 4.79 Å². The van der Waals surface area contributed by atoms with E-state index in [4.69, 9.17) is 4.74 Å². The molecule has 0 radical (unpaired) electrons. The van der Waals surface area contributed by atoms with E-state index < -0.39 is 0 Å². The van der Waals surface area contributed by atoms with Gasteiger partial charge in [0.1, 0.15) is 11.4 Å². The first-order valence-corrected chi connectivity index (χ1v) is 11.4. The molecule has 4 rings (SSSR count). The molecule has 1 aromatic carbocycles. The molecular formula is C23H25BrN2O2S. The van der Waals surface area contributed by atoms with Gasteiger partial charge >= 0.3 is 0 Å². The number of ether oxygens (including phenoxy) is 1. The zero-order chi connectivity index (χ0) is 20.8. The fraction of sp³-hybridized carbons (Fsp3) is 0.348. The first kappa shape index (κ1) is 20.2. The number of methoxy groups -OCH3 is 1. The van der Waals surface area contributed by atoms with Crippen molar-refractivity contribution in [3.63, 3.8) is 0 Å². The van der Waals surface area contributed by atoms with E-state index in [1.54, 1.807) is 18.4 Å². The van der Waals surface area contributed by atoms with Crippen LogP contribution in [-0.4, -0.2) is 24.1 Å². The Morgan fingerprint density at radius 3 is 2.72 bits per heavy atom. The van der Waals surface area contributed by atoms with Gasteiger partial charge in [0.05, 0.1) is 17.3 Å². The molecule has 1 aliphatic heterocycles. The first-order chi connectivity index (χ1) is 13.8. The van der Waals surface area contributed by atoms with Crippen molar-refractivity contribution in [2.24, 2.45) is 5.41 Å². The summed E-state index contributed by atoms with van der Waals surface area (Å²) in [6, 6.07) is 10.4. The summed E-state index contributed by atoms with van der Waals surface area (Å²) in [5.41, 5.74) is 5.39. The first-order valence-electron chi connectivity index (χ1n) is 9.71. The van der Waals surface area contributed by atoms with Crippen LogP contribution in [0.5, 0.6) is 5.75 Å². The molecule has 3 aromatic rings. The number of hydrogen-bond donors (Lipinski definition) is 1. The standard InChI is InChI=1S/C23H25BrN2O2S/c1-23(2,3)13-25-22(27)18-12-16(20-6-5-9-29-20)21-15-11-17(24)19(28-4)10-14(15)7-8-26(18)21/h5-6,9-12H,7-8,13H2,1-4H3,(H,25,27). The normalized spacial score (nSPS) is 13.0. The quantitative estimate of drug-likeness (QED) is 0.506. The number of rotatable bonds is 4. The Labute approximate surface area is 184 Å². The van der Waals surface area contributed by atoms with E-state index in [0.29, 0.717) is 6.54 Å². The average molecular weight is 473 g/mol. The average Bonchev–Trinajstić information content (AvgIpc) is 3.32. The van der Waals surface area contributed by atoms with Crippen LogP contribution in [0.25, 0.3) is 21.7 Å². The van der Waals surface area contributed by atoms with Gasteiger partial charge in [-0.2, -0.15) is 0 Å². The highest BCUT2D eigenvalue weighted by Gasteiger charge is 2.28. The van der Waals surface area contributed by atoms with Crippen LogP contribution in [-0.2, 0) is 13.0 Å². The number of amides is 1. The molecule has 1 N–H and O–H groups in total. The Morgan fingerprint density at radius 1 is 1.28 bits per heavy atom. The zero-order valence-corrected chi connectivity index (χ0v) is 19.5. The number of aromatic nitrogens is 1. The Kier molecular flexibility index (Phi) is 5.34. The number of thiophene rings is 1. The Hall–Kier alpha value is -2.05. The van der Waals surface area contributed by atoms with Crippen LogP contribution in [0.1, 0.15) is 36.8 Å². The van der Waals surface area contributed by atoms with Crippen LogP contribution in [0.3, 0.4) is 0 Å². The van der Waals surface area contributed by atoms with Gasteiger partial charge in [-0.1, -0.05) is 26.8 Å². The van der Waals surface area contributed by atoms with Gasteiger partial charge in [0.15, 0.2) is 0 Å². The Morgan fingerprint density at radius 2 is 2.07 bits per heavy atom. The van der Waals surface area contributed by atoms with Crippen molar-refractivity contribution >= 4 is 33.2 Å². The second-order valence-corrected chi connectivity index (χ2v) is 10.4. The lowest BCUT2D eigenvalue weighted by atomic mass is 9.95. The maximum Gasteiger partial charge on any atom is 0.267 e. The summed E-state index contributed by atoms with van der Waals surface area (Å²) in [7, 11) is 1.69. The molecule has 0 saturated heterocycles. The molecular weight excluding hydrogens is 448 g/mol. The zero-order valence-electron chi connectivity index (χ0n) is 17.1. The number of carbonyl (C=O) groups is 1.